The van der Waals surface area contributed by atoms with Crippen molar-refractivity contribution in [1.82, 2.24) is 0 Å². The Morgan fingerprint density at radius 1 is 1.00 bits per heavy atom. The molecule has 1 N–H and O–H groups in total. The van der Waals surface area contributed by atoms with Crippen LogP contribution in [-0.4, -0.2) is 5.11 Å². The topological polar surface area (TPSA) is 50.4 Å². The third-order valence-corrected chi connectivity index (χ3v) is 2.85. The Balaban J connectivity index is 2.60. The average Bonchev–Trinajstić information content (AvgIpc) is 2.29. The normalized spacial score (nSPS) is 11.1. The monoisotopic (exact) mass is 226 g/mol. The average molecular weight is 226 g/mol. The maximum absolute atomic E-state index is 11.8. The number of phenols is 1. The molecule has 0 aliphatic rings. The molecule has 0 aliphatic carbocycles. The van der Waals surface area contributed by atoms with E-state index in [2.05, 4.69) is 0 Å². The second-order valence-corrected chi connectivity index (χ2v) is 4.12. The summed E-state index contributed by atoms with van der Waals surface area (Å²) in [5.74, 6) is 0.0899. The fraction of sp³-hybridized carbons (Fsp3) is 0.0714. The van der Waals surface area contributed by atoms with Crippen molar-refractivity contribution in [3.05, 3.63) is 52.4 Å². The summed E-state index contributed by atoms with van der Waals surface area (Å²) < 4.78 is 5.20. The van der Waals surface area contributed by atoms with Crippen LogP contribution in [0.2, 0.25) is 0 Å². The SMILES string of the molecule is Cc1ccc2c(c1)c(=O)oc1cc(O)ccc12. The molecule has 0 fully saturated rings. The summed E-state index contributed by atoms with van der Waals surface area (Å²) in [6, 6.07) is 10.5. The lowest BCUT2D eigenvalue weighted by Crippen LogP contribution is -1.99. The van der Waals surface area contributed by atoms with Gasteiger partial charge in [-0.2, -0.15) is 0 Å². The molecule has 0 atom stereocenters. The van der Waals surface area contributed by atoms with Crippen LogP contribution >= 0.6 is 0 Å². The van der Waals surface area contributed by atoms with Gasteiger partial charge in [-0.05, 0) is 30.5 Å². The minimum absolute atomic E-state index is 0.0899. The van der Waals surface area contributed by atoms with Gasteiger partial charge >= 0.3 is 5.63 Å². The molecule has 3 rings (SSSR count). The zero-order chi connectivity index (χ0) is 12.0. The second-order valence-electron chi connectivity index (χ2n) is 4.12. The molecule has 0 saturated carbocycles. The van der Waals surface area contributed by atoms with E-state index in [4.69, 9.17) is 4.42 Å². The van der Waals surface area contributed by atoms with E-state index in [0.717, 1.165) is 16.3 Å². The van der Waals surface area contributed by atoms with Crippen molar-refractivity contribution >= 4 is 21.7 Å². The summed E-state index contributed by atoms with van der Waals surface area (Å²) >= 11 is 0. The van der Waals surface area contributed by atoms with Crippen molar-refractivity contribution in [1.29, 1.82) is 0 Å². The van der Waals surface area contributed by atoms with Gasteiger partial charge in [0, 0.05) is 11.5 Å². The predicted molar refractivity (Wildman–Crippen MR) is 66.4 cm³/mol. The Morgan fingerprint density at radius 3 is 2.59 bits per heavy atom. The molecular formula is C14H10O3. The Labute approximate surface area is 96.9 Å². The van der Waals surface area contributed by atoms with Gasteiger partial charge in [0.2, 0.25) is 0 Å². The Kier molecular flexibility index (Phi) is 1.95. The first-order valence-corrected chi connectivity index (χ1v) is 5.31. The van der Waals surface area contributed by atoms with Gasteiger partial charge in [0.15, 0.2) is 0 Å². The Hall–Kier alpha value is -2.29. The molecule has 0 saturated heterocycles. The first-order chi connectivity index (χ1) is 8.15. The molecule has 0 spiro atoms. The largest absolute Gasteiger partial charge is 0.508 e. The van der Waals surface area contributed by atoms with Crippen molar-refractivity contribution in [3.63, 3.8) is 0 Å². The summed E-state index contributed by atoms with van der Waals surface area (Å²) in [5.41, 5.74) is 1.05. The lowest BCUT2D eigenvalue weighted by molar-refractivity contribution is 0.473. The number of phenolic OH excluding ortho intramolecular Hbond substituents is 1. The zero-order valence-electron chi connectivity index (χ0n) is 9.23. The fourth-order valence-electron chi connectivity index (χ4n) is 2.03. The third-order valence-electron chi connectivity index (χ3n) is 2.85. The lowest BCUT2D eigenvalue weighted by atomic mass is 10.1. The maximum Gasteiger partial charge on any atom is 0.344 e. The minimum atomic E-state index is -0.373. The smallest absolute Gasteiger partial charge is 0.344 e. The fourth-order valence-corrected chi connectivity index (χ4v) is 2.03. The molecule has 84 valence electrons. The first-order valence-electron chi connectivity index (χ1n) is 5.31. The van der Waals surface area contributed by atoms with E-state index in [1.165, 1.54) is 6.07 Å². The highest BCUT2D eigenvalue weighted by molar-refractivity contribution is 6.04. The van der Waals surface area contributed by atoms with Gasteiger partial charge in [0.25, 0.3) is 0 Å². The molecule has 0 radical (unpaired) electrons. The van der Waals surface area contributed by atoms with Gasteiger partial charge < -0.3 is 9.52 Å². The van der Waals surface area contributed by atoms with Crippen LogP contribution in [0.25, 0.3) is 21.7 Å². The molecule has 17 heavy (non-hydrogen) atoms. The Morgan fingerprint density at radius 2 is 1.76 bits per heavy atom. The van der Waals surface area contributed by atoms with Gasteiger partial charge in [0.1, 0.15) is 11.3 Å². The zero-order valence-corrected chi connectivity index (χ0v) is 9.23. The number of rotatable bonds is 0. The van der Waals surface area contributed by atoms with E-state index < -0.39 is 0 Å². The number of hydrogen-bond donors (Lipinski definition) is 1. The van der Waals surface area contributed by atoms with Crippen LogP contribution < -0.4 is 5.63 Å². The molecule has 3 nitrogen and oxygen atoms in total. The van der Waals surface area contributed by atoms with Crippen LogP contribution in [0.15, 0.2) is 45.6 Å². The van der Waals surface area contributed by atoms with Crippen LogP contribution in [0.5, 0.6) is 5.75 Å². The van der Waals surface area contributed by atoms with Crippen LogP contribution in [0, 0.1) is 6.92 Å². The minimum Gasteiger partial charge on any atom is -0.508 e. The summed E-state index contributed by atoms with van der Waals surface area (Å²) in [7, 11) is 0. The van der Waals surface area contributed by atoms with E-state index in [1.807, 2.05) is 25.1 Å². The summed E-state index contributed by atoms with van der Waals surface area (Å²) in [6.07, 6.45) is 0. The maximum atomic E-state index is 11.8. The van der Waals surface area contributed by atoms with Gasteiger partial charge in [0.05, 0.1) is 5.39 Å². The van der Waals surface area contributed by atoms with Crippen molar-refractivity contribution in [3.8, 4) is 5.75 Å². The highest BCUT2D eigenvalue weighted by Crippen LogP contribution is 2.26. The van der Waals surface area contributed by atoms with Gasteiger partial charge in [-0.25, -0.2) is 4.79 Å². The lowest BCUT2D eigenvalue weighted by Gasteiger charge is -2.03. The molecular weight excluding hydrogens is 216 g/mol. The highest BCUT2D eigenvalue weighted by Gasteiger charge is 2.07. The number of fused-ring (bicyclic) bond motifs is 3. The predicted octanol–water partition coefficient (Wildman–Crippen LogP) is 2.96. The van der Waals surface area contributed by atoms with E-state index in [1.54, 1.807) is 12.1 Å². The summed E-state index contributed by atoms with van der Waals surface area (Å²) in [6.45, 7) is 1.93. The van der Waals surface area contributed by atoms with E-state index in [9.17, 15) is 9.90 Å². The standard InChI is InChI=1S/C14H10O3/c1-8-2-4-10-11-5-3-9(15)7-13(11)17-14(16)12(10)6-8/h2-7,15H,1H3. The summed E-state index contributed by atoms with van der Waals surface area (Å²) in [4.78, 5) is 11.8. The van der Waals surface area contributed by atoms with Crippen molar-refractivity contribution < 1.29 is 9.52 Å². The molecule has 0 bridgehead atoms. The van der Waals surface area contributed by atoms with Gasteiger partial charge in [-0.3, -0.25) is 0 Å². The van der Waals surface area contributed by atoms with Crippen LogP contribution in [-0.2, 0) is 0 Å². The Bertz CT molecular complexity index is 784. The molecule has 0 amide bonds. The number of benzene rings is 2. The van der Waals surface area contributed by atoms with Crippen molar-refractivity contribution in [2.75, 3.05) is 0 Å². The van der Waals surface area contributed by atoms with Gasteiger partial charge in [-0.15, -0.1) is 0 Å². The molecule has 0 unspecified atom stereocenters. The molecule has 1 heterocycles. The number of aromatic hydroxyl groups is 1. The molecule has 2 aromatic carbocycles. The van der Waals surface area contributed by atoms with E-state index in [0.29, 0.717) is 11.0 Å². The van der Waals surface area contributed by atoms with Crippen molar-refractivity contribution in [2.24, 2.45) is 0 Å². The molecule has 1 aromatic heterocycles. The molecule has 3 aromatic rings. The van der Waals surface area contributed by atoms with Crippen LogP contribution in [0.3, 0.4) is 0 Å². The number of hydrogen-bond acceptors (Lipinski definition) is 3. The highest BCUT2D eigenvalue weighted by atomic mass is 16.4. The number of aryl methyl sites for hydroxylation is 1. The van der Waals surface area contributed by atoms with Crippen molar-refractivity contribution in [2.45, 2.75) is 6.92 Å². The van der Waals surface area contributed by atoms with Crippen LogP contribution in [0.4, 0.5) is 0 Å². The quantitative estimate of drug-likeness (QED) is 0.473. The van der Waals surface area contributed by atoms with Crippen LogP contribution in [0.1, 0.15) is 5.56 Å². The van der Waals surface area contributed by atoms with E-state index >= 15 is 0 Å². The first kappa shape index (κ1) is 9.90. The molecule has 0 aliphatic heterocycles. The summed E-state index contributed by atoms with van der Waals surface area (Å²) in [5, 5.41) is 11.6. The molecule has 3 heteroatoms. The second kappa shape index (κ2) is 3.35. The third kappa shape index (κ3) is 1.47. The van der Waals surface area contributed by atoms with E-state index in [-0.39, 0.29) is 11.4 Å². The van der Waals surface area contributed by atoms with Gasteiger partial charge in [-0.1, -0.05) is 17.7 Å².